The van der Waals surface area contributed by atoms with Gasteiger partial charge in [-0.25, -0.2) is 0 Å². The van der Waals surface area contributed by atoms with Gasteiger partial charge in [0, 0.05) is 34.1 Å². The molecule has 4 heteroatoms. The quantitative estimate of drug-likeness (QED) is 0.102. The zero-order valence-corrected chi connectivity index (χ0v) is 55.6. The monoisotopic (exact) mass is 1260 g/mol. The molecule has 2 unspecified atom stereocenters. The predicted octanol–water partition coefficient (Wildman–Crippen LogP) is 24.0. The Labute approximate surface area is 575 Å². The summed E-state index contributed by atoms with van der Waals surface area (Å²) >= 11 is 0. The molecule has 4 aliphatic rings. The lowest BCUT2D eigenvalue weighted by Gasteiger charge is -2.36. The lowest BCUT2D eigenvalue weighted by molar-refractivity contribution is 0.480. The Kier molecular flexibility index (Phi) is 14.2. The number of hydrogen-bond donors (Lipinski definition) is 0. The number of para-hydroxylation sites is 2. The summed E-state index contributed by atoms with van der Waals surface area (Å²) in [5.41, 5.74) is 33.0. The molecule has 0 amide bonds. The first kappa shape index (κ1) is 58.8. The van der Waals surface area contributed by atoms with Crippen molar-refractivity contribution >= 4 is 34.1 Å². The molecule has 0 N–H and O–H groups in total. The highest BCUT2D eigenvalue weighted by Gasteiger charge is 2.49. The highest BCUT2D eigenvalue weighted by atomic mass is 16.5. The van der Waals surface area contributed by atoms with Crippen LogP contribution in [-0.2, 0) is 36.5 Å². The van der Waals surface area contributed by atoms with E-state index in [0.29, 0.717) is 0 Å². The summed E-state index contributed by atoms with van der Waals surface area (Å²) in [4.78, 5) is 4.82. The molecule has 0 aliphatic heterocycles. The number of nitrogens with zero attached hydrogens (tertiary/aromatic N) is 2. The largest absolute Gasteiger partial charge is 0.457 e. The number of rotatable bonds is 15. The van der Waals surface area contributed by atoms with Gasteiger partial charge in [-0.2, -0.15) is 0 Å². The van der Waals surface area contributed by atoms with Crippen LogP contribution >= 0.6 is 0 Å². The van der Waals surface area contributed by atoms with Gasteiger partial charge in [0.25, 0.3) is 0 Å². The summed E-state index contributed by atoms with van der Waals surface area (Å²) in [5, 5.41) is 0. The Morgan fingerprint density at radius 3 is 0.980 bits per heavy atom. The lowest BCUT2D eigenvalue weighted by atomic mass is 9.66. The maximum absolute atomic E-state index is 6.58. The molecule has 0 spiro atoms. The molecule has 14 aromatic carbocycles. The van der Waals surface area contributed by atoms with E-state index in [-0.39, 0.29) is 0 Å². The molecular weight excluding hydrogens is 1190 g/mol. The van der Waals surface area contributed by atoms with Crippen LogP contribution in [0, 0.1) is 27.7 Å². The predicted molar refractivity (Wildman–Crippen MR) is 403 cm³/mol. The minimum atomic E-state index is -0.634. The molecule has 4 nitrogen and oxygen atoms in total. The second-order valence-electron chi connectivity index (χ2n) is 27.2. The van der Waals surface area contributed by atoms with E-state index in [1.807, 2.05) is 0 Å². The fourth-order valence-corrected chi connectivity index (χ4v) is 16.5. The van der Waals surface area contributed by atoms with Crippen LogP contribution in [0.2, 0.25) is 0 Å². The molecular formula is C94H72N2O2. The molecule has 0 fully saturated rings. The summed E-state index contributed by atoms with van der Waals surface area (Å²) in [6.07, 6.45) is 4.52. The smallest absolute Gasteiger partial charge is 0.127 e. The van der Waals surface area contributed by atoms with Crippen molar-refractivity contribution in [1.82, 2.24) is 0 Å². The van der Waals surface area contributed by atoms with E-state index < -0.39 is 10.8 Å². The Morgan fingerprint density at radius 1 is 0.245 bits per heavy atom. The molecule has 470 valence electrons. The summed E-state index contributed by atoms with van der Waals surface area (Å²) in [6, 6.07) is 117. The highest BCUT2D eigenvalue weighted by molar-refractivity contribution is 5.92. The highest BCUT2D eigenvalue weighted by Crippen LogP contribution is 2.60. The summed E-state index contributed by atoms with van der Waals surface area (Å²) in [7, 11) is 0. The fourth-order valence-electron chi connectivity index (χ4n) is 16.5. The molecule has 0 radical (unpaired) electrons. The van der Waals surface area contributed by atoms with E-state index in [0.717, 1.165) is 93.9 Å². The minimum Gasteiger partial charge on any atom is -0.457 e. The van der Waals surface area contributed by atoms with Crippen molar-refractivity contribution in [3.8, 4) is 56.4 Å². The van der Waals surface area contributed by atoms with Gasteiger partial charge in [-0.15, -0.1) is 0 Å². The van der Waals surface area contributed by atoms with E-state index in [9.17, 15) is 0 Å². The first-order chi connectivity index (χ1) is 48.1. The number of hydrogen-bond acceptors (Lipinski definition) is 4. The van der Waals surface area contributed by atoms with E-state index in [1.54, 1.807) is 0 Å². The van der Waals surface area contributed by atoms with Crippen molar-refractivity contribution in [2.75, 3.05) is 9.80 Å². The standard InChI is InChI=1S/C94H72N2O2/c1-61-23-25-63(3)89(55-61)93(71-37-49-79(50-38-71)97-81-47-35-67-27-29-69(67)57-81)87-21-13-11-19-83(87)85-53-45-77(59-91(85)93)95(73-15-7-5-8-16-73)75-41-31-65(32-42-75)66-33-43-76(44-34-66)96(74-17-9-6-10-18-74)78-46-54-86-84-20-12-14-22-88(84)94(92(86)60-78,90-56-62(2)24-26-64(90)4)72-39-51-80(52-40-72)98-82-48-36-68-28-30-70(68)58-82/h5-26,31-60H,27-30H2,1-4H3. The van der Waals surface area contributed by atoms with Crippen molar-refractivity contribution in [1.29, 1.82) is 0 Å². The zero-order chi connectivity index (χ0) is 65.6. The Balaban J connectivity index is 0.707. The van der Waals surface area contributed by atoms with Gasteiger partial charge in [-0.3, -0.25) is 0 Å². The van der Waals surface area contributed by atoms with Gasteiger partial charge in [-0.05, 0) is 286 Å². The van der Waals surface area contributed by atoms with Crippen molar-refractivity contribution in [2.45, 2.75) is 64.2 Å². The first-order valence-corrected chi connectivity index (χ1v) is 34.5. The number of ether oxygens (including phenoxy) is 2. The molecule has 4 aliphatic carbocycles. The van der Waals surface area contributed by atoms with Gasteiger partial charge in [0.1, 0.15) is 23.0 Å². The van der Waals surface area contributed by atoms with Crippen LogP contribution in [0.5, 0.6) is 23.0 Å². The topological polar surface area (TPSA) is 24.9 Å². The summed E-state index contributed by atoms with van der Waals surface area (Å²) in [5.74, 6) is 3.42. The van der Waals surface area contributed by atoms with Crippen LogP contribution in [-0.4, -0.2) is 0 Å². The van der Waals surface area contributed by atoms with Crippen LogP contribution in [0.3, 0.4) is 0 Å². The maximum atomic E-state index is 6.58. The Bertz CT molecular complexity index is 5090. The van der Waals surface area contributed by atoms with Crippen molar-refractivity contribution in [3.05, 3.63) is 404 Å². The van der Waals surface area contributed by atoms with E-state index in [2.05, 4.69) is 353 Å². The molecule has 18 rings (SSSR count). The second-order valence-corrected chi connectivity index (χ2v) is 27.2. The summed E-state index contributed by atoms with van der Waals surface area (Å²) < 4.78 is 13.2. The van der Waals surface area contributed by atoms with Crippen LogP contribution in [0.4, 0.5) is 34.1 Å². The number of fused-ring (bicyclic) bond motifs is 8. The number of anilines is 6. The molecule has 14 aromatic rings. The number of benzene rings is 14. The lowest BCUT2D eigenvalue weighted by Crippen LogP contribution is -2.30. The van der Waals surface area contributed by atoms with Crippen LogP contribution in [0.25, 0.3) is 33.4 Å². The third-order valence-corrected chi connectivity index (χ3v) is 21.5. The SMILES string of the molecule is Cc1ccc(C)c(C2(c3ccc(Oc4ccc5c(c4)CC5)cc3)c3ccccc3-c3ccc(N(c4ccccc4)c4ccc(-c5ccc(N(c6ccccc6)c6ccc7c(c6)C(c6ccc(Oc8ccc9c(c8)CC9)cc6)(c6cc(C)ccc6C)c6ccccc6-7)cc5)cc4)cc32)c1. The average molecular weight is 1260 g/mol. The molecule has 0 saturated heterocycles. The molecule has 0 heterocycles. The van der Waals surface area contributed by atoms with Crippen molar-refractivity contribution < 1.29 is 9.47 Å². The van der Waals surface area contributed by atoms with Gasteiger partial charge in [0.15, 0.2) is 0 Å². The van der Waals surface area contributed by atoms with E-state index in [4.69, 9.17) is 9.47 Å². The molecule has 0 bridgehead atoms. The third kappa shape index (κ3) is 9.64. The average Bonchev–Trinajstić information content (AvgIpc) is 1.52. The van der Waals surface area contributed by atoms with E-state index in [1.165, 1.54) is 111 Å². The van der Waals surface area contributed by atoms with Gasteiger partial charge < -0.3 is 19.3 Å². The van der Waals surface area contributed by atoms with Crippen molar-refractivity contribution in [2.24, 2.45) is 0 Å². The third-order valence-electron chi connectivity index (χ3n) is 21.5. The van der Waals surface area contributed by atoms with Gasteiger partial charge >= 0.3 is 0 Å². The minimum absolute atomic E-state index is 0.634. The van der Waals surface area contributed by atoms with Crippen LogP contribution in [0.15, 0.2) is 315 Å². The zero-order valence-electron chi connectivity index (χ0n) is 55.6. The van der Waals surface area contributed by atoms with Gasteiger partial charge in [0.2, 0.25) is 0 Å². The number of aryl methyl sites for hydroxylation is 8. The first-order valence-electron chi connectivity index (χ1n) is 34.5. The van der Waals surface area contributed by atoms with Gasteiger partial charge in [0.05, 0.1) is 10.8 Å². The van der Waals surface area contributed by atoms with Gasteiger partial charge in [-0.1, -0.05) is 205 Å². The second kappa shape index (κ2) is 23.6. The maximum Gasteiger partial charge on any atom is 0.127 e. The Morgan fingerprint density at radius 2 is 0.592 bits per heavy atom. The molecule has 98 heavy (non-hydrogen) atoms. The molecule has 0 aromatic heterocycles. The fraction of sp³-hybridized carbons (Fsp3) is 0.106. The summed E-state index contributed by atoms with van der Waals surface area (Å²) in [6.45, 7) is 8.97. The van der Waals surface area contributed by atoms with Crippen LogP contribution in [0.1, 0.15) is 89.0 Å². The van der Waals surface area contributed by atoms with Crippen molar-refractivity contribution in [3.63, 3.8) is 0 Å². The Hall–Kier alpha value is -11.7. The normalized spacial score (nSPS) is 15.7. The van der Waals surface area contributed by atoms with Crippen LogP contribution < -0.4 is 19.3 Å². The van der Waals surface area contributed by atoms with E-state index >= 15 is 0 Å². The molecule has 0 saturated carbocycles. The molecule has 2 atom stereocenters.